The number of rotatable bonds is 4. The number of aromatic nitrogens is 1. The third-order valence-electron chi connectivity index (χ3n) is 2.99. The molecule has 20 heavy (non-hydrogen) atoms. The molecule has 110 valence electrons. The summed E-state index contributed by atoms with van der Waals surface area (Å²) in [5, 5.41) is 13.8. The van der Waals surface area contributed by atoms with Gasteiger partial charge in [-0.25, -0.2) is 13.4 Å². The summed E-state index contributed by atoms with van der Waals surface area (Å²) < 4.78 is 28.3. The van der Waals surface area contributed by atoms with Crippen LogP contribution in [-0.2, 0) is 14.6 Å². The van der Waals surface area contributed by atoms with E-state index in [1.54, 1.807) is 0 Å². The number of nitro groups is 1. The standard InChI is InChI=1S/C11H15N3O5S/c1-7-5-9(20(2,17)18)13-11(10(7)14(15)16)12-8-3-4-19-6-8/h5,8H,3-4,6H2,1-2H3,(H,12,13). The van der Waals surface area contributed by atoms with Gasteiger partial charge in [0.25, 0.3) is 0 Å². The van der Waals surface area contributed by atoms with E-state index < -0.39 is 14.8 Å². The number of hydrogen-bond donors (Lipinski definition) is 1. The molecule has 1 N–H and O–H groups in total. The third kappa shape index (κ3) is 3.05. The van der Waals surface area contributed by atoms with E-state index in [-0.39, 0.29) is 28.1 Å². The Hall–Kier alpha value is -1.74. The average Bonchev–Trinajstić information content (AvgIpc) is 2.79. The fraction of sp³-hybridized carbons (Fsp3) is 0.545. The highest BCUT2D eigenvalue weighted by Crippen LogP contribution is 2.29. The molecule has 1 aromatic heterocycles. The Kier molecular flexibility index (Phi) is 3.91. The predicted molar refractivity (Wildman–Crippen MR) is 71.6 cm³/mol. The largest absolute Gasteiger partial charge is 0.379 e. The number of nitrogens with one attached hydrogen (secondary N) is 1. The molecule has 1 aromatic rings. The zero-order valence-corrected chi connectivity index (χ0v) is 11.9. The van der Waals surface area contributed by atoms with Crippen molar-refractivity contribution in [2.45, 2.75) is 24.4 Å². The molecule has 2 rings (SSSR count). The van der Waals surface area contributed by atoms with Crippen LogP contribution in [0, 0.1) is 17.0 Å². The predicted octanol–water partition coefficient (Wildman–Crippen LogP) is 0.903. The maximum absolute atomic E-state index is 11.6. The lowest BCUT2D eigenvalue weighted by molar-refractivity contribution is -0.384. The highest BCUT2D eigenvalue weighted by atomic mass is 32.2. The normalized spacial score (nSPS) is 19.0. The lowest BCUT2D eigenvalue weighted by Gasteiger charge is -2.13. The van der Waals surface area contributed by atoms with Crippen LogP contribution in [0.15, 0.2) is 11.1 Å². The number of aryl methyl sites for hydroxylation is 1. The molecular weight excluding hydrogens is 286 g/mol. The summed E-state index contributed by atoms with van der Waals surface area (Å²) in [6.45, 7) is 2.47. The van der Waals surface area contributed by atoms with E-state index in [2.05, 4.69) is 10.3 Å². The topological polar surface area (TPSA) is 111 Å². The van der Waals surface area contributed by atoms with Crippen molar-refractivity contribution in [3.63, 3.8) is 0 Å². The highest BCUT2D eigenvalue weighted by Gasteiger charge is 2.26. The Morgan fingerprint density at radius 2 is 2.25 bits per heavy atom. The Labute approximate surface area is 116 Å². The molecule has 1 unspecified atom stereocenters. The number of pyridine rings is 1. The molecule has 8 nitrogen and oxygen atoms in total. The summed E-state index contributed by atoms with van der Waals surface area (Å²) in [6.07, 6.45) is 1.71. The van der Waals surface area contributed by atoms with Crippen molar-refractivity contribution < 1.29 is 18.1 Å². The molecule has 1 fully saturated rings. The smallest absolute Gasteiger partial charge is 0.314 e. The maximum Gasteiger partial charge on any atom is 0.314 e. The Morgan fingerprint density at radius 1 is 1.55 bits per heavy atom. The lowest BCUT2D eigenvalue weighted by atomic mass is 10.2. The van der Waals surface area contributed by atoms with Crippen molar-refractivity contribution in [1.82, 2.24) is 4.98 Å². The number of hydrogen-bond acceptors (Lipinski definition) is 7. The SMILES string of the molecule is Cc1cc(S(C)(=O)=O)nc(NC2CCOC2)c1[N+](=O)[O-]. The minimum atomic E-state index is -3.53. The van der Waals surface area contributed by atoms with Crippen LogP contribution < -0.4 is 5.32 Å². The van der Waals surface area contributed by atoms with Crippen LogP contribution in [0.1, 0.15) is 12.0 Å². The lowest BCUT2D eigenvalue weighted by Crippen LogP contribution is -2.21. The minimum Gasteiger partial charge on any atom is -0.379 e. The van der Waals surface area contributed by atoms with E-state index in [1.165, 1.54) is 13.0 Å². The Bertz CT molecular complexity index is 638. The molecule has 0 spiro atoms. The molecule has 1 atom stereocenters. The maximum atomic E-state index is 11.6. The summed E-state index contributed by atoms with van der Waals surface area (Å²) in [6, 6.07) is 1.11. The fourth-order valence-electron chi connectivity index (χ4n) is 2.00. The second-order valence-electron chi connectivity index (χ2n) is 4.71. The second-order valence-corrected chi connectivity index (χ2v) is 6.67. The van der Waals surface area contributed by atoms with Crippen molar-refractivity contribution in [2.24, 2.45) is 0 Å². The first-order chi connectivity index (χ1) is 9.29. The van der Waals surface area contributed by atoms with Crippen molar-refractivity contribution in [3.8, 4) is 0 Å². The van der Waals surface area contributed by atoms with Gasteiger partial charge in [-0.05, 0) is 19.4 Å². The van der Waals surface area contributed by atoms with Gasteiger partial charge in [0.05, 0.1) is 17.6 Å². The van der Waals surface area contributed by atoms with Gasteiger partial charge in [0.15, 0.2) is 14.9 Å². The third-order valence-corrected chi connectivity index (χ3v) is 3.96. The minimum absolute atomic E-state index is 0.0223. The quantitative estimate of drug-likeness (QED) is 0.649. The zero-order valence-electron chi connectivity index (χ0n) is 11.1. The van der Waals surface area contributed by atoms with Gasteiger partial charge in [-0.15, -0.1) is 0 Å². The average molecular weight is 301 g/mol. The molecule has 0 aromatic carbocycles. The molecule has 1 aliphatic heterocycles. The summed E-state index contributed by atoms with van der Waals surface area (Å²) in [4.78, 5) is 14.5. The molecule has 0 aliphatic carbocycles. The number of sulfone groups is 1. The molecule has 0 radical (unpaired) electrons. The molecule has 0 saturated carbocycles. The van der Waals surface area contributed by atoms with E-state index >= 15 is 0 Å². The van der Waals surface area contributed by atoms with E-state index in [0.717, 1.165) is 6.26 Å². The molecule has 9 heteroatoms. The van der Waals surface area contributed by atoms with Crippen LogP contribution >= 0.6 is 0 Å². The summed E-state index contributed by atoms with van der Waals surface area (Å²) in [7, 11) is -3.53. The van der Waals surface area contributed by atoms with Gasteiger partial charge >= 0.3 is 5.69 Å². The van der Waals surface area contributed by atoms with Crippen LogP contribution in [0.2, 0.25) is 0 Å². The molecule has 0 bridgehead atoms. The van der Waals surface area contributed by atoms with E-state index in [0.29, 0.717) is 19.6 Å². The summed E-state index contributed by atoms with van der Waals surface area (Å²) >= 11 is 0. The molecule has 1 aliphatic rings. The van der Waals surface area contributed by atoms with Gasteiger partial charge in [-0.3, -0.25) is 10.1 Å². The number of nitrogens with zero attached hydrogens (tertiary/aromatic N) is 2. The highest BCUT2D eigenvalue weighted by molar-refractivity contribution is 7.90. The monoisotopic (exact) mass is 301 g/mol. The van der Waals surface area contributed by atoms with Gasteiger partial charge in [0, 0.05) is 18.4 Å². The zero-order chi connectivity index (χ0) is 14.9. The fourth-order valence-corrected chi connectivity index (χ4v) is 2.65. The van der Waals surface area contributed by atoms with Gasteiger partial charge in [0.2, 0.25) is 5.82 Å². The Balaban J connectivity index is 2.49. The summed E-state index contributed by atoms with van der Waals surface area (Å²) in [5.41, 5.74) is 0.0520. The van der Waals surface area contributed by atoms with Crippen molar-refractivity contribution in [2.75, 3.05) is 24.8 Å². The van der Waals surface area contributed by atoms with Crippen molar-refractivity contribution >= 4 is 21.3 Å². The van der Waals surface area contributed by atoms with Crippen LogP contribution in [0.4, 0.5) is 11.5 Å². The van der Waals surface area contributed by atoms with E-state index in [1.807, 2.05) is 0 Å². The van der Waals surface area contributed by atoms with Crippen molar-refractivity contribution in [3.05, 3.63) is 21.7 Å². The molecule has 0 amide bonds. The van der Waals surface area contributed by atoms with E-state index in [4.69, 9.17) is 4.74 Å². The van der Waals surface area contributed by atoms with Gasteiger partial charge in [0.1, 0.15) is 0 Å². The Morgan fingerprint density at radius 3 is 2.75 bits per heavy atom. The van der Waals surface area contributed by atoms with Gasteiger partial charge in [-0.2, -0.15) is 0 Å². The van der Waals surface area contributed by atoms with Gasteiger partial charge in [-0.1, -0.05) is 0 Å². The first kappa shape index (κ1) is 14.7. The van der Waals surface area contributed by atoms with E-state index in [9.17, 15) is 18.5 Å². The second kappa shape index (κ2) is 5.33. The van der Waals surface area contributed by atoms with Gasteiger partial charge < -0.3 is 10.1 Å². The molecular formula is C11H15N3O5S. The molecule has 2 heterocycles. The van der Waals surface area contributed by atoms with Crippen LogP contribution in [-0.4, -0.2) is 43.8 Å². The van der Waals surface area contributed by atoms with Crippen molar-refractivity contribution in [1.29, 1.82) is 0 Å². The first-order valence-corrected chi connectivity index (χ1v) is 7.88. The number of anilines is 1. The van der Waals surface area contributed by atoms with Crippen LogP contribution in [0.3, 0.4) is 0 Å². The first-order valence-electron chi connectivity index (χ1n) is 5.99. The van der Waals surface area contributed by atoms with Crippen LogP contribution in [0.25, 0.3) is 0 Å². The molecule has 1 saturated heterocycles. The van der Waals surface area contributed by atoms with Crippen LogP contribution in [0.5, 0.6) is 0 Å². The summed E-state index contributed by atoms with van der Waals surface area (Å²) in [5.74, 6) is -0.0223. The number of ether oxygens (including phenoxy) is 1.